The minimum atomic E-state index is -1.04. The van der Waals surface area contributed by atoms with E-state index in [4.69, 9.17) is 19.9 Å². The molecule has 1 aromatic heterocycles. The van der Waals surface area contributed by atoms with Gasteiger partial charge in [0.05, 0.1) is 18.7 Å². The van der Waals surface area contributed by atoms with Crippen LogP contribution in [0.15, 0.2) is 12.3 Å². The third kappa shape index (κ3) is 10.3. The van der Waals surface area contributed by atoms with Gasteiger partial charge < -0.3 is 19.9 Å². The molecule has 0 unspecified atom stereocenters. The number of carbonyl (C=O) groups is 3. The highest BCUT2D eigenvalue weighted by Crippen LogP contribution is 2.27. The van der Waals surface area contributed by atoms with Gasteiger partial charge >= 0.3 is 12.1 Å². The number of pyridine rings is 1. The Bertz CT molecular complexity index is 715. The Morgan fingerprint density at radius 2 is 1.77 bits per heavy atom. The van der Waals surface area contributed by atoms with Gasteiger partial charge in [0.1, 0.15) is 6.10 Å². The van der Waals surface area contributed by atoms with Gasteiger partial charge in [-0.3, -0.25) is 10.1 Å². The van der Waals surface area contributed by atoms with Crippen molar-refractivity contribution in [1.29, 1.82) is 0 Å². The maximum absolute atomic E-state index is 12.7. The summed E-state index contributed by atoms with van der Waals surface area (Å²) in [5.41, 5.74) is 5.36. The second-order valence-electron chi connectivity index (χ2n) is 7.69. The van der Waals surface area contributed by atoms with Crippen LogP contribution in [0.4, 0.5) is 4.79 Å². The molecule has 1 heterocycles. The number of imide groups is 1. The van der Waals surface area contributed by atoms with E-state index in [9.17, 15) is 14.4 Å². The molecule has 0 saturated heterocycles. The first-order valence-corrected chi connectivity index (χ1v) is 10.9. The molecule has 0 aromatic carbocycles. The summed E-state index contributed by atoms with van der Waals surface area (Å²) in [6.45, 7) is 8.04. The third-order valence-electron chi connectivity index (χ3n) is 4.28. The van der Waals surface area contributed by atoms with E-state index in [1.807, 2.05) is 19.2 Å². The van der Waals surface area contributed by atoms with Crippen LogP contribution in [0.1, 0.15) is 76.6 Å². The Morgan fingerprint density at radius 1 is 1.13 bits per heavy atom. The van der Waals surface area contributed by atoms with Crippen molar-refractivity contribution in [3.63, 3.8) is 0 Å². The fourth-order valence-electron chi connectivity index (χ4n) is 2.60. The Balaban J connectivity index is 2.99. The van der Waals surface area contributed by atoms with Crippen LogP contribution in [-0.2, 0) is 9.53 Å². The molecule has 31 heavy (non-hydrogen) atoms. The smallest absolute Gasteiger partial charge is 0.420 e. The fraction of sp³-hybridized carbons (Fsp3) is 0.636. The summed E-state index contributed by atoms with van der Waals surface area (Å²) in [5.74, 6) is -1.07. The number of nitrogens with zero attached hydrogens (tertiary/aromatic N) is 1. The number of aromatic nitrogens is 1. The number of esters is 1. The molecule has 0 aliphatic carbocycles. The van der Waals surface area contributed by atoms with Crippen molar-refractivity contribution >= 4 is 18.0 Å². The van der Waals surface area contributed by atoms with E-state index >= 15 is 0 Å². The first-order chi connectivity index (χ1) is 14.8. The molecule has 174 valence electrons. The van der Waals surface area contributed by atoms with Gasteiger partial charge in [0, 0.05) is 12.3 Å². The molecule has 0 aliphatic rings. The predicted octanol–water partition coefficient (Wildman–Crippen LogP) is 3.60. The van der Waals surface area contributed by atoms with Crippen LogP contribution >= 0.6 is 0 Å². The lowest BCUT2D eigenvalue weighted by molar-refractivity contribution is -0.118. The standard InChI is InChI=1S/C22H35N3O6/c1-5-7-9-17(10-8-6-2)30-21(27)16-11-18(29-14-15(3)4)20(24-13-16)31-22(28)25-19(26)12-23/h11,13,15,17H,5-10,12,14,23H2,1-4H3,(H,25,26,28). The molecule has 0 radical (unpaired) electrons. The summed E-state index contributed by atoms with van der Waals surface area (Å²) in [4.78, 5) is 39.8. The highest BCUT2D eigenvalue weighted by molar-refractivity contribution is 5.93. The van der Waals surface area contributed by atoms with E-state index in [0.29, 0.717) is 6.61 Å². The molecule has 9 nitrogen and oxygen atoms in total. The zero-order chi connectivity index (χ0) is 23.2. The van der Waals surface area contributed by atoms with Gasteiger partial charge in [-0.05, 0) is 18.8 Å². The Labute approximate surface area is 184 Å². The van der Waals surface area contributed by atoms with E-state index in [2.05, 4.69) is 18.8 Å². The zero-order valence-corrected chi connectivity index (χ0v) is 18.9. The number of unbranched alkanes of at least 4 members (excludes halogenated alkanes) is 2. The lowest BCUT2D eigenvalue weighted by Crippen LogP contribution is -2.37. The Morgan fingerprint density at radius 3 is 2.32 bits per heavy atom. The Hall–Kier alpha value is -2.68. The van der Waals surface area contributed by atoms with Crippen molar-refractivity contribution < 1.29 is 28.6 Å². The van der Waals surface area contributed by atoms with Gasteiger partial charge in [0.25, 0.3) is 5.88 Å². The molecule has 1 rings (SSSR count). The minimum Gasteiger partial charge on any atom is -0.488 e. The van der Waals surface area contributed by atoms with Crippen molar-refractivity contribution in [2.24, 2.45) is 11.7 Å². The second-order valence-corrected chi connectivity index (χ2v) is 7.69. The van der Waals surface area contributed by atoms with Crippen LogP contribution in [0, 0.1) is 5.92 Å². The number of carbonyl (C=O) groups excluding carboxylic acids is 3. The van der Waals surface area contributed by atoms with Crippen molar-refractivity contribution in [3.8, 4) is 11.6 Å². The highest BCUT2D eigenvalue weighted by atomic mass is 16.6. The van der Waals surface area contributed by atoms with Gasteiger partial charge in [-0.2, -0.15) is 0 Å². The van der Waals surface area contributed by atoms with E-state index in [-0.39, 0.29) is 35.8 Å². The average Bonchev–Trinajstić information content (AvgIpc) is 2.74. The average molecular weight is 438 g/mol. The summed E-state index contributed by atoms with van der Waals surface area (Å²) in [6, 6.07) is 1.43. The Kier molecular flexibility index (Phi) is 12.2. The highest BCUT2D eigenvalue weighted by Gasteiger charge is 2.20. The first-order valence-electron chi connectivity index (χ1n) is 10.9. The van der Waals surface area contributed by atoms with Crippen molar-refractivity contribution in [2.75, 3.05) is 13.2 Å². The van der Waals surface area contributed by atoms with Gasteiger partial charge in [-0.1, -0.05) is 53.4 Å². The summed E-state index contributed by atoms with van der Waals surface area (Å²) >= 11 is 0. The number of hydrogen-bond donors (Lipinski definition) is 2. The number of hydrogen-bond acceptors (Lipinski definition) is 8. The van der Waals surface area contributed by atoms with Crippen LogP contribution in [0.2, 0.25) is 0 Å². The van der Waals surface area contributed by atoms with Gasteiger partial charge in [0.15, 0.2) is 5.75 Å². The monoisotopic (exact) mass is 437 g/mol. The first kappa shape index (κ1) is 26.4. The lowest BCUT2D eigenvalue weighted by Gasteiger charge is -2.18. The van der Waals surface area contributed by atoms with Crippen LogP contribution in [0.3, 0.4) is 0 Å². The number of nitrogens with two attached hydrogens (primary N) is 1. The zero-order valence-electron chi connectivity index (χ0n) is 18.9. The number of ether oxygens (including phenoxy) is 3. The fourth-order valence-corrected chi connectivity index (χ4v) is 2.60. The summed E-state index contributed by atoms with van der Waals surface area (Å²) in [7, 11) is 0. The largest absolute Gasteiger partial charge is 0.488 e. The van der Waals surface area contributed by atoms with Crippen LogP contribution < -0.4 is 20.5 Å². The number of amides is 2. The quantitative estimate of drug-likeness (QED) is 0.448. The minimum absolute atomic E-state index is 0.108. The molecule has 2 amide bonds. The summed E-state index contributed by atoms with van der Waals surface area (Å²) in [5, 5.41) is 1.96. The van der Waals surface area contributed by atoms with Crippen LogP contribution in [0.25, 0.3) is 0 Å². The maximum Gasteiger partial charge on any atom is 0.420 e. The van der Waals surface area contributed by atoms with Gasteiger partial charge in [-0.15, -0.1) is 0 Å². The second kappa shape index (κ2) is 14.3. The molecule has 9 heteroatoms. The van der Waals surface area contributed by atoms with E-state index in [0.717, 1.165) is 38.5 Å². The molecular formula is C22H35N3O6. The maximum atomic E-state index is 12.7. The van der Waals surface area contributed by atoms with E-state index in [1.165, 1.54) is 12.3 Å². The molecular weight excluding hydrogens is 402 g/mol. The van der Waals surface area contributed by atoms with Crippen LogP contribution in [0.5, 0.6) is 11.6 Å². The topological polar surface area (TPSA) is 130 Å². The molecule has 0 fully saturated rings. The molecule has 0 saturated carbocycles. The normalized spacial score (nSPS) is 10.8. The summed E-state index contributed by atoms with van der Waals surface area (Å²) < 4.78 is 16.4. The van der Waals surface area contributed by atoms with Crippen molar-refractivity contribution in [3.05, 3.63) is 17.8 Å². The molecule has 1 aromatic rings. The summed E-state index contributed by atoms with van der Waals surface area (Å²) in [6.07, 6.45) is 5.69. The van der Waals surface area contributed by atoms with Crippen molar-refractivity contribution in [2.45, 2.75) is 72.3 Å². The third-order valence-corrected chi connectivity index (χ3v) is 4.28. The SMILES string of the molecule is CCCCC(CCCC)OC(=O)c1cnc(OC(=O)NC(=O)CN)c(OCC(C)C)c1. The number of rotatable bonds is 13. The molecule has 0 aliphatic heterocycles. The van der Waals surface area contributed by atoms with Gasteiger partial charge in [-0.25, -0.2) is 14.6 Å². The number of nitrogens with one attached hydrogen (secondary N) is 1. The van der Waals surface area contributed by atoms with Crippen LogP contribution in [-0.4, -0.2) is 42.2 Å². The molecule has 0 bridgehead atoms. The van der Waals surface area contributed by atoms with E-state index in [1.54, 1.807) is 0 Å². The lowest BCUT2D eigenvalue weighted by atomic mass is 10.1. The van der Waals surface area contributed by atoms with Crippen molar-refractivity contribution in [1.82, 2.24) is 10.3 Å². The molecule has 0 spiro atoms. The van der Waals surface area contributed by atoms with E-state index < -0.39 is 18.0 Å². The predicted molar refractivity (Wildman–Crippen MR) is 116 cm³/mol. The molecule has 3 N–H and O–H groups in total. The molecule has 0 atom stereocenters. The van der Waals surface area contributed by atoms with Gasteiger partial charge in [0.2, 0.25) is 5.91 Å².